The lowest BCUT2D eigenvalue weighted by Crippen LogP contribution is -2.22. The first-order valence-electron chi connectivity index (χ1n) is 8.78. The van der Waals surface area contributed by atoms with E-state index in [-0.39, 0.29) is 6.29 Å². The van der Waals surface area contributed by atoms with Gasteiger partial charge in [-0.1, -0.05) is 30.3 Å². The van der Waals surface area contributed by atoms with Gasteiger partial charge in [-0.25, -0.2) is 0 Å². The van der Waals surface area contributed by atoms with Gasteiger partial charge in [0.05, 0.1) is 26.5 Å². The van der Waals surface area contributed by atoms with E-state index in [9.17, 15) is 0 Å². The van der Waals surface area contributed by atoms with Gasteiger partial charge in [0, 0.05) is 24.3 Å². The zero-order valence-corrected chi connectivity index (χ0v) is 15.9. The van der Waals surface area contributed by atoms with E-state index in [1.165, 1.54) is 0 Å². The van der Waals surface area contributed by atoms with Gasteiger partial charge in [-0.15, -0.1) is 0 Å². The van der Waals surface area contributed by atoms with Crippen LogP contribution < -0.4 is 9.47 Å². The zero-order chi connectivity index (χ0) is 18.8. The molecule has 0 saturated carbocycles. The van der Waals surface area contributed by atoms with Crippen LogP contribution in [-0.4, -0.2) is 46.0 Å². The monoisotopic (exact) mass is 357 g/mol. The Morgan fingerprint density at radius 2 is 1.50 bits per heavy atom. The standard InChI is InChI=1S/C21H27NO4/c1-5-25-20(26-6-2)15-22-21(16-10-8-7-9-11-16)17-12-13-18(23-3)19(14-17)24-4/h7-14,20H,5-6,15H2,1-4H3/b22-21+. The largest absolute Gasteiger partial charge is 0.493 e. The van der Waals surface area contributed by atoms with Crippen molar-refractivity contribution in [2.24, 2.45) is 4.99 Å². The van der Waals surface area contributed by atoms with E-state index in [2.05, 4.69) is 0 Å². The van der Waals surface area contributed by atoms with Crippen molar-refractivity contribution in [2.75, 3.05) is 34.0 Å². The van der Waals surface area contributed by atoms with Gasteiger partial charge in [0.25, 0.3) is 0 Å². The molecule has 0 aliphatic heterocycles. The Morgan fingerprint density at radius 3 is 2.08 bits per heavy atom. The Balaban J connectivity index is 2.40. The van der Waals surface area contributed by atoms with E-state index in [1.807, 2.05) is 62.4 Å². The zero-order valence-electron chi connectivity index (χ0n) is 15.9. The van der Waals surface area contributed by atoms with Crippen LogP contribution in [-0.2, 0) is 9.47 Å². The molecule has 0 aliphatic rings. The van der Waals surface area contributed by atoms with Crippen LogP contribution in [0.3, 0.4) is 0 Å². The first kappa shape index (κ1) is 19.9. The van der Waals surface area contributed by atoms with Crippen LogP contribution >= 0.6 is 0 Å². The summed E-state index contributed by atoms with van der Waals surface area (Å²) in [6, 6.07) is 15.8. The van der Waals surface area contributed by atoms with Crippen molar-refractivity contribution in [1.29, 1.82) is 0 Å². The molecule has 0 spiro atoms. The van der Waals surface area contributed by atoms with Gasteiger partial charge in [0.15, 0.2) is 17.8 Å². The maximum atomic E-state index is 5.61. The van der Waals surface area contributed by atoms with Crippen LogP contribution in [0.25, 0.3) is 0 Å². The Bertz CT molecular complexity index is 694. The molecular weight excluding hydrogens is 330 g/mol. The third-order valence-corrected chi connectivity index (χ3v) is 3.81. The molecule has 2 aromatic rings. The van der Waals surface area contributed by atoms with E-state index >= 15 is 0 Å². The van der Waals surface area contributed by atoms with Crippen LogP contribution in [0.5, 0.6) is 11.5 Å². The van der Waals surface area contributed by atoms with Gasteiger partial charge in [0.1, 0.15) is 0 Å². The minimum atomic E-state index is -0.358. The van der Waals surface area contributed by atoms with Crippen molar-refractivity contribution in [3.8, 4) is 11.5 Å². The number of methoxy groups -OCH3 is 2. The van der Waals surface area contributed by atoms with Gasteiger partial charge in [-0.05, 0) is 32.0 Å². The number of hydrogen-bond donors (Lipinski definition) is 0. The lowest BCUT2D eigenvalue weighted by atomic mass is 10.0. The van der Waals surface area contributed by atoms with Gasteiger partial charge in [-0.3, -0.25) is 4.99 Å². The number of rotatable bonds is 10. The summed E-state index contributed by atoms with van der Waals surface area (Å²) in [6.07, 6.45) is -0.358. The van der Waals surface area contributed by atoms with Crippen LogP contribution in [0.1, 0.15) is 25.0 Å². The second-order valence-corrected chi connectivity index (χ2v) is 5.47. The van der Waals surface area contributed by atoms with E-state index in [0.717, 1.165) is 16.8 Å². The van der Waals surface area contributed by atoms with Crippen molar-refractivity contribution >= 4 is 5.71 Å². The molecule has 0 fully saturated rings. The molecule has 2 rings (SSSR count). The van der Waals surface area contributed by atoms with Crippen LogP contribution in [0.4, 0.5) is 0 Å². The molecule has 0 aliphatic carbocycles. The summed E-state index contributed by atoms with van der Waals surface area (Å²) in [5.74, 6) is 1.35. The molecule has 140 valence electrons. The molecule has 0 aromatic heterocycles. The fourth-order valence-corrected chi connectivity index (χ4v) is 2.62. The Kier molecular flexibility index (Phi) is 8.12. The van der Waals surface area contributed by atoms with Gasteiger partial charge < -0.3 is 18.9 Å². The smallest absolute Gasteiger partial charge is 0.176 e. The fraction of sp³-hybridized carbons (Fsp3) is 0.381. The average molecular weight is 357 g/mol. The van der Waals surface area contributed by atoms with Gasteiger partial charge in [-0.2, -0.15) is 0 Å². The molecular formula is C21H27NO4. The van der Waals surface area contributed by atoms with E-state index in [4.69, 9.17) is 23.9 Å². The first-order valence-corrected chi connectivity index (χ1v) is 8.78. The molecule has 0 unspecified atom stereocenters. The Hall–Kier alpha value is -2.37. The Labute approximate surface area is 155 Å². The summed E-state index contributed by atoms with van der Waals surface area (Å²) in [6.45, 7) is 5.47. The van der Waals surface area contributed by atoms with E-state index in [1.54, 1.807) is 14.2 Å². The summed E-state index contributed by atoms with van der Waals surface area (Å²) in [4.78, 5) is 4.80. The third kappa shape index (κ3) is 5.31. The van der Waals surface area contributed by atoms with E-state index < -0.39 is 0 Å². The SMILES string of the molecule is CCOC(C/N=C(\c1ccccc1)c1ccc(OC)c(OC)c1)OCC. The highest BCUT2D eigenvalue weighted by Gasteiger charge is 2.13. The van der Waals surface area contributed by atoms with Crippen LogP contribution in [0.2, 0.25) is 0 Å². The predicted octanol–water partition coefficient (Wildman–Crippen LogP) is 3.94. The number of nitrogens with zero attached hydrogens (tertiary/aromatic N) is 1. The maximum absolute atomic E-state index is 5.61. The van der Waals surface area contributed by atoms with Crippen molar-refractivity contribution < 1.29 is 18.9 Å². The molecule has 0 amide bonds. The molecule has 5 nitrogen and oxygen atoms in total. The second-order valence-electron chi connectivity index (χ2n) is 5.47. The highest BCUT2D eigenvalue weighted by molar-refractivity contribution is 6.13. The Morgan fingerprint density at radius 1 is 0.846 bits per heavy atom. The van der Waals surface area contributed by atoms with E-state index in [0.29, 0.717) is 31.3 Å². The minimum Gasteiger partial charge on any atom is -0.493 e. The molecule has 0 saturated heterocycles. The van der Waals surface area contributed by atoms with Crippen molar-refractivity contribution in [3.05, 3.63) is 59.7 Å². The minimum absolute atomic E-state index is 0.358. The highest BCUT2D eigenvalue weighted by Crippen LogP contribution is 2.28. The summed E-state index contributed by atoms with van der Waals surface area (Å²) < 4.78 is 22.0. The second kappa shape index (κ2) is 10.6. The maximum Gasteiger partial charge on any atom is 0.176 e. The lowest BCUT2D eigenvalue weighted by molar-refractivity contribution is -0.128. The van der Waals surface area contributed by atoms with Gasteiger partial charge in [0.2, 0.25) is 0 Å². The van der Waals surface area contributed by atoms with Crippen molar-refractivity contribution in [3.63, 3.8) is 0 Å². The summed E-state index contributed by atoms with van der Waals surface area (Å²) >= 11 is 0. The summed E-state index contributed by atoms with van der Waals surface area (Å²) in [5, 5.41) is 0. The molecule has 5 heteroatoms. The molecule has 2 aromatic carbocycles. The molecule has 0 heterocycles. The number of aliphatic imine (C=N–C) groups is 1. The first-order chi connectivity index (χ1) is 12.7. The third-order valence-electron chi connectivity index (χ3n) is 3.81. The molecule has 26 heavy (non-hydrogen) atoms. The molecule has 0 N–H and O–H groups in total. The van der Waals surface area contributed by atoms with Gasteiger partial charge >= 0.3 is 0 Å². The highest BCUT2D eigenvalue weighted by atomic mass is 16.7. The molecule has 0 radical (unpaired) electrons. The molecule has 0 bridgehead atoms. The summed E-state index contributed by atoms with van der Waals surface area (Å²) in [5.41, 5.74) is 2.82. The average Bonchev–Trinajstić information content (AvgIpc) is 2.69. The van der Waals surface area contributed by atoms with Crippen LogP contribution in [0, 0.1) is 0 Å². The predicted molar refractivity (Wildman–Crippen MR) is 104 cm³/mol. The van der Waals surface area contributed by atoms with Crippen molar-refractivity contribution in [2.45, 2.75) is 20.1 Å². The number of ether oxygens (including phenoxy) is 4. The summed E-state index contributed by atoms with van der Waals surface area (Å²) in [7, 11) is 3.25. The van der Waals surface area contributed by atoms with Crippen LogP contribution in [0.15, 0.2) is 53.5 Å². The normalized spacial score (nSPS) is 11.7. The lowest BCUT2D eigenvalue weighted by Gasteiger charge is -2.16. The fourth-order valence-electron chi connectivity index (χ4n) is 2.62. The molecule has 0 atom stereocenters. The quantitative estimate of drug-likeness (QED) is 0.477. The number of hydrogen-bond acceptors (Lipinski definition) is 5. The number of benzene rings is 2. The topological polar surface area (TPSA) is 49.3 Å². The van der Waals surface area contributed by atoms with Crippen molar-refractivity contribution in [1.82, 2.24) is 0 Å².